The molecule has 27 heavy (non-hydrogen) atoms. The summed E-state index contributed by atoms with van der Waals surface area (Å²) < 4.78 is 5.08. The maximum Gasteiger partial charge on any atom is 0.347 e. The molecular formula is C20H16N2O4S. The molecule has 136 valence electrons. The zero-order chi connectivity index (χ0) is 19.2. The Morgan fingerprint density at radius 1 is 1.15 bits per heavy atom. The van der Waals surface area contributed by atoms with Gasteiger partial charge in [0.2, 0.25) is 0 Å². The molecule has 0 aliphatic carbocycles. The van der Waals surface area contributed by atoms with Gasteiger partial charge in [0.15, 0.2) is 0 Å². The third-order valence-corrected chi connectivity index (χ3v) is 4.60. The molecule has 3 rings (SSSR count). The zero-order valence-electron chi connectivity index (χ0n) is 14.4. The van der Waals surface area contributed by atoms with Crippen molar-refractivity contribution >= 4 is 41.1 Å². The van der Waals surface area contributed by atoms with E-state index in [1.54, 1.807) is 43.5 Å². The smallest absolute Gasteiger partial charge is 0.347 e. The number of amides is 1. The number of nitrogens with zero attached hydrogens (tertiary/aromatic N) is 1. The van der Waals surface area contributed by atoms with Crippen molar-refractivity contribution < 1.29 is 19.4 Å². The second-order valence-corrected chi connectivity index (χ2v) is 6.57. The van der Waals surface area contributed by atoms with E-state index < -0.39 is 5.97 Å². The van der Waals surface area contributed by atoms with Gasteiger partial charge in [-0.25, -0.2) is 9.78 Å². The summed E-state index contributed by atoms with van der Waals surface area (Å²) in [7, 11) is 1.57. The number of ether oxygens (including phenoxy) is 1. The van der Waals surface area contributed by atoms with Crippen LogP contribution in [0, 0.1) is 0 Å². The predicted molar refractivity (Wildman–Crippen MR) is 105 cm³/mol. The van der Waals surface area contributed by atoms with Gasteiger partial charge in [-0.2, -0.15) is 0 Å². The van der Waals surface area contributed by atoms with Gasteiger partial charge in [0.25, 0.3) is 5.91 Å². The number of carbonyl (C=O) groups excluding carboxylic acids is 1. The van der Waals surface area contributed by atoms with E-state index in [4.69, 9.17) is 9.84 Å². The fourth-order valence-corrected chi connectivity index (χ4v) is 2.96. The molecule has 2 N–H and O–H groups in total. The van der Waals surface area contributed by atoms with E-state index >= 15 is 0 Å². The van der Waals surface area contributed by atoms with Gasteiger partial charge in [-0.3, -0.25) is 4.79 Å². The number of carboxylic acids is 1. The number of thiazole rings is 1. The van der Waals surface area contributed by atoms with Crippen molar-refractivity contribution in [3.05, 3.63) is 75.7 Å². The van der Waals surface area contributed by atoms with Crippen LogP contribution in [0.15, 0.2) is 54.7 Å². The Morgan fingerprint density at radius 2 is 1.93 bits per heavy atom. The first-order chi connectivity index (χ1) is 13.0. The van der Waals surface area contributed by atoms with E-state index in [9.17, 15) is 9.59 Å². The molecule has 0 aliphatic heterocycles. The van der Waals surface area contributed by atoms with Gasteiger partial charge in [-0.05, 0) is 48.0 Å². The van der Waals surface area contributed by atoms with E-state index in [0.29, 0.717) is 22.0 Å². The number of anilines is 1. The van der Waals surface area contributed by atoms with E-state index in [2.05, 4.69) is 10.3 Å². The Morgan fingerprint density at radius 3 is 2.59 bits per heavy atom. The number of carbonyl (C=O) groups is 2. The zero-order valence-corrected chi connectivity index (χ0v) is 15.2. The highest BCUT2D eigenvalue weighted by Crippen LogP contribution is 2.18. The van der Waals surface area contributed by atoms with Crippen molar-refractivity contribution in [2.75, 3.05) is 12.4 Å². The molecule has 0 saturated carbocycles. The maximum atomic E-state index is 12.3. The summed E-state index contributed by atoms with van der Waals surface area (Å²) in [4.78, 5) is 27.5. The second-order valence-electron chi connectivity index (χ2n) is 5.51. The van der Waals surface area contributed by atoms with Crippen LogP contribution < -0.4 is 10.1 Å². The van der Waals surface area contributed by atoms with E-state index in [-0.39, 0.29) is 10.8 Å². The summed E-state index contributed by atoms with van der Waals surface area (Å²) in [6.45, 7) is 0. The standard InChI is InChI=1S/C20H16N2O4S/c1-26-16-8-6-14(7-9-16)19(23)22-15-4-2-3-13(11-15)5-10-18-21-12-17(27-18)20(24)25/h2-12H,1H3,(H,22,23)(H,24,25). The second kappa shape index (κ2) is 8.29. The summed E-state index contributed by atoms with van der Waals surface area (Å²) in [6, 6.07) is 14.2. The molecule has 0 aliphatic rings. The molecule has 6 nitrogen and oxygen atoms in total. The maximum absolute atomic E-state index is 12.3. The molecule has 1 aromatic heterocycles. The average Bonchev–Trinajstić information content (AvgIpc) is 3.16. The molecule has 7 heteroatoms. The van der Waals surface area contributed by atoms with Crippen LogP contribution in [0.25, 0.3) is 12.2 Å². The number of methoxy groups -OCH3 is 1. The largest absolute Gasteiger partial charge is 0.497 e. The lowest BCUT2D eigenvalue weighted by molar-refractivity contribution is 0.0701. The normalized spacial score (nSPS) is 10.7. The molecule has 1 amide bonds. The summed E-state index contributed by atoms with van der Waals surface area (Å²) in [5.41, 5.74) is 2.04. The topological polar surface area (TPSA) is 88.5 Å². The van der Waals surface area contributed by atoms with E-state index in [1.807, 2.05) is 24.3 Å². The van der Waals surface area contributed by atoms with Crippen molar-refractivity contribution in [3.63, 3.8) is 0 Å². The number of aromatic nitrogens is 1. The number of hydrogen-bond acceptors (Lipinski definition) is 5. The van der Waals surface area contributed by atoms with Gasteiger partial charge in [0.05, 0.1) is 13.3 Å². The molecule has 3 aromatic rings. The lowest BCUT2D eigenvalue weighted by Crippen LogP contribution is -2.11. The van der Waals surface area contributed by atoms with Crippen molar-refractivity contribution in [2.24, 2.45) is 0 Å². The van der Waals surface area contributed by atoms with Crippen LogP contribution >= 0.6 is 11.3 Å². The molecule has 0 saturated heterocycles. The van der Waals surface area contributed by atoms with Crippen molar-refractivity contribution in [1.82, 2.24) is 4.98 Å². The minimum atomic E-state index is -0.990. The number of nitrogens with one attached hydrogen (secondary N) is 1. The Bertz CT molecular complexity index is 993. The molecule has 0 bridgehead atoms. The fraction of sp³-hybridized carbons (Fsp3) is 0.0500. The molecule has 0 fully saturated rings. The highest BCUT2D eigenvalue weighted by atomic mass is 32.1. The molecule has 2 aromatic carbocycles. The van der Waals surface area contributed by atoms with Crippen LogP contribution in [0.2, 0.25) is 0 Å². The summed E-state index contributed by atoms with van der Waals surface area (Å²) in [5.74, 6) is -0.521. The summed E-state index contributed by atoms with van der Waals surface area (Å²) >= 11 is 1.10. The number of aromatic carboxylic acids is 1. The molecule has 0 unspecified atom stereocenters. The first-order valence-electron chi connectivity index (χ1n) is 7.98. The fourth-order valence-electron chi connectivity index (χ4n) is 2.30. The highest BCUT2D eigenvalue weighted by Gasteiger charge is 2.07. The van der Waals surface area contributed by atoms with Gasteiger partial charge in [-0.15, -0.1) is 11.3 Å². The van der Waals surface area contributed by atoms with Gasteiger partial charge in [0, 0.05) is 11.3 Å². The lowest BCUT2D eigenvalue weighted by Gasteiger charge is -2.07. The van der Waals surface area contributed by atoms with Crippen LogP contribution in [0.5, 0.6) is 5.75 Å². The molecule has 0 radical (unpaired) electrons. The first-order valence-corrected chi connectivity index (χ1v) is 8.79. The van der Waals surface area contributed by atoms with Crippen LogP contribution in [0.4, 0.5) is 5.69 Å². The van der Waals surface area contributed by atoms with Gasteiger partial charge in [-0.1, -0.05) is 18.2 Å². The number of carboxylic acid groups (broad SMARTS) is 1. The third kappa shape index (κ3) is 4.80. The van der Waals surface area contributed by atoms with Crippen molar-refractivity contribution in [1.29, 1.82) is 0 Å². The van der Waals surface area contributed by atoms with Crippen LogP contribution in [0.1, 0.15) is 30.6 Å². The number of rotatable bonds is 6. The van der Waals surface area contributed by atoms with Crippen LogP contribution in [0.3, 0.4) is 0 Å². The third-order valence-electron chi connectivity index (χ3n) is 3.65. The number of benzene rings is 2. The SMILES string of the molecule is COc1ccc(C(=O)Nc2cccc(C=Cc3ncc(C(=O)O)s3)c2)cc1. The molecule has 1 heterocycles. The van der Waals surface area contributed by atoms with Crippen LogP contribution in [-0.4, -0.2) is 29.1 Å². The van der Waals surface area contributed by atoms with Crippen LogP contribution in [-0.2, 0) is 0 Å². The number of hydrogen-bond donors (Lipinski definition) is 2. The highest BCUT2D eigenvalue weighted by molar-refractivity contribution is 7.14. The minimum Gasteiger partial charge on any atom is -0.497 e. The van der Waals surface area contributed by atoms with Gasteiger partial charge >= 0.3 is 5.97 Å². The monoisotopic (exact) mass is 380 g/mol. The lowest BCUT2D eigenvalue weighted by atomic mass is 10.1. The first kappa shape index (κ1) is 18.3. The summed E-state index contributed by atoms with van der Waals surface area (Å²) in [6.07, 6.45) is 4.88. The molecule has 0 spiro atoms. The van der Waals surface area contributed by atoms with Crippen molar-refractivity contribution in [3.8, 4) is 5.75 Å². The molecule has 0 atom stereocenters. The summed E-state index contributed by atoms with van der Waals surface area (Å²) in [5, 5.41) is 12.4. The predicted octanol–water partition coefficient (Wildman–Crippen LogP) is 4.27. The Hall–Kier alpha value is -3.45. The molecular weight excluding hydrogens is 364 g/mol. The van der Waals surface area contributed by atoms with E-state index in [1.165, 1.54) is 6.20 Å². The quantitative estimate of drug-likeness (QED) is 0.667. The average molecular weight is 380 g/mol. The van der Waals surface area contributed by atoms with Gasteiger partial charge < -0.3 is 15.2 Å². The Labute approximate surface area is 159 Å². The Balaban J connectivity index is 1.69. The van der Waals surface area contributed by atoms with Gasteiger partial charge in [0.1, 0.15) is 15.6 Å². The minimum absolute atomic E-state index is 0.190. The Kier molecular flexibility index (Phi) is 5.63. The van der Waals surface area contributed by atoms with Crippen molar-refractivity contribution in [2.45, 2.75) is 0 Å². The van der Waals surface area contributed by atoms with E-state index in [0.717, 1.165) is 16.9 Å².